The first-order valence-electron chi connectivity index (χ1n) is 5.37. The average Bonchev–Trinajstić information content (AvgIpc) is 2.36. The molecule has 3 rings (SSSR count). The molecule has 0 fully saturated rings. The number of hydrogen-bond acceptors (Lipinski definition) is 2. The van der Waals surface area contributed by atoms with Gasteiger partial charge in [0, 0.05) is 43.3 Å². The fraction of sp³-hybridized carbons (Fsp3) is 0.143. The molecule has 0 spiro atoms. The van der Waals surface area contributed by atoms with Crippen molar-refractivity contribution in [1.82, 2.24) is 9.97 Å². The van der Waals surface area contributed by atoms with Gasteiger partial charge in [-0.15, -0.1) is 0 Å². The first kappa shape index (κ1) is 12.2. The normalized spacial score (nSPS) is 10.5. The molecule has 0 aliphatic heterocycles. The van der Waals surface area contributed by atoms with E-state index in [2.05, 4.69) is 35.9 Å². The molecule has 2 heterocycles. The minimum atomic E-state index is 0. The maximum Gasteiger partial charge on any atom is 0.0967 e. The van der Waals surface area contributed by atoms with Crippen LogP contribution in [0.15, 0.2) is 36.7 Å². The standard InChI is InChI=1S/C14H12N2.Ir/c1-9-10(2)12-6-4-8-16-14(12)13-11(9)5-3-7-15-13;/h3-8H,1-2H3;. The van der Waals surface area contributed by atoms with Crippen LogP contribution in [0.2, 0.25) is 0 Å². The predicted molar refractivity (Wildman–Crippen MR) is 66.5 cm³/mol. The van der Waals surface area contributed by atoms with Crippen molar-refractivity contribution >= 4 is 21.8 Å². The molecule has 2 aromatic heterocycles. The minimum absolute atomic E-state index is 0. The van der Waals surface area contributed by atoms with Gasteiger partial charge in [-0.05, 0) is 37.1 Å². The van der Waals surface area contributed by atoms with Crippen molar-refractivity contribution in [2.75, 3.05) is 0 Å². The summed E-state index contributed by atoms with van der Waals surface area (Å²) < 4.78 is 0. The van der Waals surface area contributed by atoms with Crippen LogP contribution < -0.4 is 0 Å². The molecule has 0 saturated carbocycles. The summed E-state index contributed by atoms with van der Waals surface area (Å²) in [6.45, 7) is 4.29. The van der Waals surface area contributed by atoms with Gasteiger partial charge < -0.3 is 0 Å². The molecule has 0 saturated heterocycles. The smallest absolute Gasteiger partial charge is 0.0967 e. The fourth-order valence-corrected chi connectivity index (χ4v) is 2.20. The Morgan fingerprint density at radius 3 is 1.59 bits per heavy atom. The zero-order valence-corrected chi connectivity index (χ0v) is 12.1. The maximum absolute atomic E-state index is 4.45. The summed E-state index contributed by atoms with van der Waals surface area (Å²) in [6.07, 6.45) is 3.65. The van der Waals surface area contributed by atoms with E-state index < -0.39 is 0 Å². The Hall–Kier alpha value is -1.31. The molecule has 1 radical (unpaired) electrons. The van der Waals surface area contributed by atoms with E-state index in [1.165, 1.54) is 21.9 Å². The van der Waals surface area contributed by atoms with Crippen molar-refractivity contribution in [3.8, 4) is 0 Å². The molecule has 17 heavy (non-hydrogen) atoms. The van der Waals surface area contributed by atoms with Crippen molar-refractivity contribution in [3.05, 3.63) is 47.8 Å². The van der Waals surface area contributed by atoms with Crippen LogP contribution in [0.1, 0.15) is 11.1 Å². The van der Waals surface area contributed by atoms with Gasteiger partial charge in [0.25, 0.3) is 0 Å². The Morgan fingerprint density at radius 1 is 0.765 bits per heavy atom. The number of aryl methyl sites for hydroxylation is 2. The fourth-order valence-electron chi connectivity index (χ4n) is 2.20. The second kappa shape index (κ2) is 4.52. The van der Waals surface area contributed by atoms with Crippen molar-refractivity contribution in [1.29, 1.82) is 0 Å². The number of aromatic nitrogens is 2. The average molecular weight is 400 g/mol. The number of hydrogen-bond donors (Lipinski definition) is 0. The van der Waals surface area contributed by atoms with Crippen LogP contribution in [0.3, 0.4) is 0 Å². The van der Waals surface area contributed by atoms with Crippen LogP contribution >= 0.6 is 0 Å². The second-order valence-corrected chi connectivity index (χ2v) is 4.05. The first-order chi connectivity index (χ1) is 7.79. The van der Waals surface area contributed by atoms with Crippen LogP contribution in [0, 0.1) is 13.8 Å². The summed E-state index contributed by atoms with van der Waals surface area (Å²) in [5.41, 5.74) is 4.59. The van der Waals surface area contributed by atoms with Gasteiger partial charge in [-0.25, -0.2) is 0 Å². The molecule has 0 bridgehead atoms. The van der Waals surface area contributed by atoms with Crippen molar-refractivity contribution in [2.24, 2.45) is 0 Å². The summed E-state index contributed by atoms with van der Waals surface area (Å²) in [4.78, 5) is 8.90. The Morgan fingerprint density at radius 2 is 1.18 bits per heavy atom. The Kier molecular flexibility index (Phi) is 3.23. The monoisotopic (exact) mass is 401 g/mol. The molecule has 0 atom stereocenters. The molecule has 1 aromatic carbocycles. The molecule has 87 valence electrons. The Labute approximate surface area is 113 Å². The zero-order chi connectivity index (χ0) is 11.1. The molecular weight excluding hydrogens is 388 g/mol. The molecule has 3 aromatic rings. The van der Waals surface area contributed by atoms with Crippen LogP contribution in [0.25, 0.3) is 21.8 Å². The molecular formula is C14H12IrN2. The SMILES string of the molecule is Cc1c(C)c2cccnc2c2ncccc12.[Ir]. The van der Waals surface area contributed by atoms with Crippen LogP contribution in [-0.2, 0) is 20.1 Å². The van der Waals surface area contributed by atoms with E-state index in [9.17, 15) is 0 Å². The van der Waals surface area contributed by atoms with Crippen LogP contribution in [0.4, 0.5) is 0 Å². The van der Waals surface area contributed by atoms with E-state index in [0.717, 1.165) is 11.0 Å². The van der Waals surface area contributed by atoms with E-state index in [0.29, 0.717) is 0 Å². The van der Waals surface area contributed by atoms with Gasteiger partial charge in [0.05, 0.1) is 11.0 Å². The van der Waals surface area contributed by atoms with E-state index in [1.54, 1.807) is 0 Å². The van der Waals surface area contributed by atoms with E-state index in [-0.39, 0.29) is 20.1 Å². The number of pyridine rings is 2. The molecule has 3 heteroatoms. The van der Waals surface area contributed by atoms with Crippen LogP contribution in [0.5, 0.6) is 0 Å². The van der Waals surface area contributed by atoms with E-state index in [1.807, 2.05) is 24.5 Å². The van der Waals surface area contributed by atoms with Crippen LogP contribution in [-0.4, -0.2) is 9.97 Å². The largest absolute Gasteiger partial charge is 0.254 e. The first-order valence-corrected chi connectivity index (χ1v) is 5.37. The van der Waals surface area contributed by atoms with E-state index >= 15 is 0 Å². The molecule has 2 nitrogen and oxygen atoms in total. The molecule has 0 unspecified atom stereocenters. The van der Waals surface area contributed by atoms with Gasteiger partial charge >= 0.3 is 0 Å². The Bertz CT molecular complexity index is 631. The topological polar surface area (TPSA) is 25.8 Å². The van der Waals surface area contributed by atoms with Crippen molar-refractivity contribution in [2.45, 2.75) is 13.8 Å². The summed E-state index contributed by atoms with van der Waals surface area (Å²) >= 11 is 0. The predicted octanol–water partition coefficient (Wildman–Crippen LogP) is 3.40. The quantitative estimate of drug-likeness (QED) is 0.541. The van der Waals surface area contributed by atoms with Gasteiger partial charge in [0.15, 0.2) is 0 Å². The third-order valence-corrected chi connectivity index (χ3v) is 3.21. The summed E-state index contributed by atoms with van der Waals surface area (Å²) in [7, 11) is 0. The maximum atomic E-state index is 4.45. The van der Waals surface area contributed by atoms with Crippen molar-refractivity contribution in [3.63, 3.8) is 0 Å². The molecule has 0 aliphatic carbocycles. The minimum Gasteiger partial charge on any atom is -0.254 e. The Balaban J connectivity index is 0.00000108. The molecule has 0 aliphatic rings. The summed E-state index contributed by atoms with van der Waals surface area (Å²) in [5, 5.41) is 2.40. The number of nitrogens with zero attached hydrogens (tertiary/aromatic N) is 2. The zero-order valence-electron chi connectivity index (χ0n) is 9.69. The summed E-state index contributed by atoms with van der Waals surface area (Å²) in [5.74, 6) is 0. The van der Waals surface area contributed by atoms with Gasteiger partial charge in [-0.3, -0.25) is 9.97 Å². The third kappa shape index (κ3) is 1.76. The molecule has 0 amide bonds. The number of fused-ring (bicyclic) bond motifs is 3. The summed E-state index contributed by atoms with van der Waals surface area (Å²) in [6, 6.07) is 8.17. The van der Waals surface area contributed by atoms with Crippen molar-refractivity contribution < 1.29 is 20.1 Å². The second-order valence-electron chi connectivity index (χ2n) is 4.05. The number of benzene rings is 1. The van der Waals surface area contributed by atoms with Gasteiger partial charge in [-0.1, -0.05) is 12.1 Å². The van der Waals surface area contributed by atoms with Gasteiger partial charge in [0.2, 0.25) is 0 Å². The van der Waals surface area contributed by atoms with Gasteiger partial charge in [-0.2, -0.15) is 0 Å². The third-order valence-electron chi connectivity index (χ3n) is 3.21. The van der Waals surface area contributed by atoms with E-state index in [4.69, 9.17) is 0 Å². The molecule has 0 N–H and O–H groups in total. The number of rotatable bonds is 0. The van der Waals surface area contributed by atoms with Gasteiger partial charge in [0.1, 0.15) is 0 Å².